The highest BCUT2D eigenvalue weighted by molar-refractivity contribution is 7.07. The van der Waals surface area contributed by atoms with E-state index in [4.69, 9.17) is 0 Å². The van der Waals surface area contributed by atoms with Crippen molar-refractivity contribution in [1.82, 2.24) is 10.3 Å². The topological polar surface area (TPSA) is 45.2 Å². The van der Waals surface area contributed by atoms with Crippen molar-refractivity contribution in [2.45, 2.75) is 19.4 Å². The van der Waals surface area contributed by atoms with Crippen LogP contribution in [0, 0.1) is 0 Å². The molecule has 106 valence electrons. The second kappa shape index (κ2) is 7.05. The number of aryl methyl sites for hydroxylation is 1. The Balaban J connectivity index is 1.79. The van der Waals surface area contributed by atoms with E-state index in [2.05, 4.69) is 21.7 Å². The third-order valence-electron chi connectivity index (χ3n) is 2.98. The fourth-order valence-corrected chi connectivity index (χ4v) is 2.50. The van der Waals surface area contributed by atoms with Crippen LogP contribution in [0.1, 0.15) is 17.5 Å². The zero-order valence-electron chi connectivity index (χ0n) is 11.8. The number of nitrogens with one attached hydrogen (secondary N) is 1. The Hall–Kier alpha value is -1.88. The zero-order chi connectivity index (χ0) is 14.4. The molecule has 0 atom stereocenters. The molecule has 0 unspecified atom stereocenters. The Morgan fingerprint density at radius 3 is 2.90 bits per heavy atom. The molecule has 0 aromatic carbocycles. The van der Waals surface area contributed by atoms with E-state index in [1.54, 1.807) is 17.5 Å². The maximum atomic E-state index is 11.8. The van der Waals surface area contributed by atoms with Gasteiger partial charge in [-0.25, -0.2) is 4.98 Å². The summed E-state index contributed by atoms with van der Waals surface area (Å²) >= 11 is 1.66. The molecule has 0 radical (unpaired) electrons. The first-order valence-corrected chi connectivity index (χ1v) is 7.49. The standard InChI is InChI=1S/C15H19N3OS/c1-18(2)14-9-13(5-7-16-14)10-17-15(19)4-3-12-6-8-20-11-12/h5-9,11H,3-4,10H2,1-2H3,(H,17,19). The molecule has 0 saturated heterocycles. The van der Waals surface area contributed by atoms with E-state index >= 15 is 0 Å². The predicted molar refractivity (Wildman–Crippen MR) is 83.1 cm³/mol. The van der Waals surface area contributed by atoms with Crippen molar-refractivity contribution in [3.63, 3.8) is 0 Å². The lowest BCUT2D eigenvalue weighted by atomic mass is 10.2. The molecule has 0 aliphatic rings. The lowest BCUT2D eigenvalue weighted by Crippen LogP contribution is -2.23. The van der Waals surface area contributed by atoms with Gasteiger partial charge in [0, 0.05) is 33.3 Å². The fraction of sp³-hybridized carbons (Fsp3) is 0.333. The number of aromatic nitrogens is 1. The van der Waals surface area contributed by atoms with Crippen molar-refractivity contribution in [2.24, 2.45) is 0 Å². The summed E-state index contributed by atoms with van der Waals surface area (Å²) in [5.74, 6) is 0.981. The lowest BCUT2D eigenvalue weighted by Gasteiger charge is -2.12. The van der Waals surface area contributed by atoms with Crippen LogP contribution in [-0.4, -0.2) is 25.0 Å². The average molecular weight is 289 g/mol. The largest absolute Gasteiger partial charge is 0.363 e. The predicted octanol–water partition coefficient (Wildman–Crippen LogP) is 2.46. The van der Waals surface area contributed by atoms with Crippen molar-refractivity contribution >= 4 is 23.1 Å². The van der Waals surface area contributed by atoms with Crippen LogP contribution in [0.15, 0.2) is 35.2 Å². The summed E-state index contributed by atoms with van der Waals surface area (Å²) in [4.78, 5) is 18.0. The molecule has 2 heterocycles. The van der Waals surface area contributed by atoms with E-state index in [-0.39, 0.29) is 5.91 Å². The fourth-order valence-electron chi connectivity index (χ4n) is 1.80. The molecule has 0 saturated carbocycles. The molecule has 0 aliphatic carbocycles. The second-order valence-electron chi connectivity index (χ2n) is 4.83. The van der Waals surface area contributed by atoms with Gasteiger partial charge in [-0.1, -0.05) is 0 Å². The van der Waals surface area contributed by atoms with Crippen molar-refractivity contribution in [1.29, 1.82) is 0 Å². The number of nitrogens with zero attached hydrogens (tertiary/aromatic N) is 2. The third kappa shape index (κ3) is 4.35. The molecule has 5 heteroatoms. The minimum Gasteiger partial charge on any atom is -0.363 e. The van der Waals surface area contributed by atoms with E-state index in [0.29, 0.717) is 13.0 Å². The first kappa shape index (κ1) is 14.5. The van der Waals surface area contributed by atoms with E-state index in [9.17, 15) is 4.79 Å². The number of thiophene rings is 1. The highest BCUT2D eigenvalue weighted by Crippen LogP contribution is 2.10. The number of carbonyl (C=O) groups is 1. The van der Waals surface area contributed by atoms with Crippen LogP contribution in [-0.2, 0) is 17.8 Å². The number of anilines is 1. The zero-order valence-corrected chi connectivity index (χ0v) is 12.6. The van der Waals surface area contributed by atoms with Gasteiger partial charge in [0.05, 0.1) is 0 Å². The molecule has 0 fully saturated rings. The molecule has 0 bridgehead atoms. The average Bonchev–Trinajstić information content (AvgIpc) is 2.96. The molecule has 4 nitrogen and oxygen atoms in total. The number of hydrogen-bond acceptors (Lipinski definition) is 4. The van der Waals surface area contributed by atoms with Crippen molar-refractivity contribution in [3.8, 4) is 0 Å². The van der Waals surface area contributed by atoms with Crippen LogP contribution in [0.4, 0.5) is 5.82 Å². The summed E-state index contributed by atoms with van der Waals surface area (Å²) in [6.07, 6.45) is 3.10. The van der Waals surface area contributed by atoms with Gasteiger partial charge >= 0.3 is 0 Å². The van der Waals surface area contributed by atoms with Gasteiger partial charge < -0.3 is 10.2 Å². The second-order valence-corrected chi connectivity index (χ2v) is 5.61. The number of rotatable bonds is 6. The Labute approximate surface area is 123 Å². The highest BCUT2D eigenvalue weighted by Gasteiger charge is 2.04. The van der Waals surface area contributed by atoms with E-state index in [1.807, 2.05) is 36.5 Å². The maximum absolute atomic E-state index is 11.8. The molecule has 2 aromatic heterocycles. The maximum Gasteiger partial charge on any atom is 0.220 e. The Bertz CT molecular complexity index is 552. The molecule has 20 heavy (non-hydrogen) atoms. The van der Waals surface area contributed by atoms with E-state index < -0.39 is 0 Å². The minimum absolute atomic E-state index is 0.0828. The Morgan fingerprint density at radius 1 is 1.35 bits per heavy atom. The summed E-state index contributed by atoms with van der Waals surface area (Å²) in [6, 6.07) is 5.97. The highest BCUT2D eigenvalue weighted by atomic mass is 32.1. The first-order valence-electron chi connectivity index (χ1n) is 6.55. The Kier molecular flexibility index (Phi) is 5.12. The van der Waals surface area contributed by atoms with Gasteiger partial charge in [0.15, 0.2) is 0 Å². The Morgan fingerprint density at radius 2 is 2.20 bits per heavy atom. The quantitative estimate of drug-likeness (QED) is 0.888. The van der Waals surface area contributed by atoms with Gasteiger partial charge in [0.2, 0.25) is 5.91 Å². The molecule has 2 rings (SSSR count). The van der Waals surface area contributed by atoms with E-state index in [0.717, 1.165) is 17.8 Å². The van der Waals surface area contributed by atoms with Crippen molar-refractivity contribution in [2.75, 3.05) is 19.0 Å². The molecule has 1 amide bonds. The molecule has 0 aliphatic heterocycles. The SMILES string of the molecule is CN(C)c1cc(CNC(=O)CCc2ccsc2)ccn1. The first-order chi connectivity index (χ1) is 9.65. The monoisotopic (exact) mass is 289 g/mol. The van der Waals surface area contributed by atoms with Gasteiger partial charge in [-0.15, -0.1) is 0 Å². The summed E-state index contributed by atoms with van der Waals surface area (Å²) in [6.45, 7) is 0.547. The summed E-state index contributed by atoms with van der Waals surface area (Å²) in [5.41, 5.74) is 2.29. The molecular weight excluding hydrogens is 270 g/mol. The minimum atomic E-state index is 0.0828. The molecular formula is C15H19N3OS. The van der Waals surface area contributed by atoms with Crippen LogP contribution in [0.2, 0.25) is 0 Å². The van der Waals surface area contributed by atoms with Crippen LogP contribution in [0.5, 0.6) is 0 Å². The van der Waals surface area contributed by atoms with Crippen molar-refractivity contribution in [3.05, 3.63) is 46.3 Å². The summed E-state index contributed by atoms with van der Waals surface area (Å²) in [5, 5.41) is 7.06. The molecule has 1 N–H and O–H groups in total. The summed E-state index contributed by atoms with van der Waals surface area (Å²) < 4.78 is 0. The van der Waals surface area contributed by atoms with Crippen LogP contribution < -0.4 is 10.2 Å². The number of carbonyl (C=O) groups excluding carboxylic acids is 1. The van der Waals surface area contributed by atoms with Gasteiger partial charge in [0.25, 0.3) is 0 Å². The van der Waals surface area contributed by atoms with Gasteiger partial charge in [-0.05, 0) is 46.5 Å². The molecule has 2 aromatic rings. The van der Waals surface area contributed by atoms with Gasteiger partial charge in [-0.2, -0.15) is 11.3 Å². The van der Waals surface area contributed by atoms with Crippen LogP contribution >= 0.6 is 11.3 Å². The van der Waals surface area contributed by atoms with Gasteiger partial charge in [0.1, 0.15) is 5.82 Å². The van der Waals surface area contributed by atoms with Crippen LogP contribution in [0.25, 0.3) is 0 Å². The lowest BCUT2D eigenvalue weighted by molar-refractivity contribution is -0.121. The van der Waals surface area contributed by atoms with Crippen molar-refractivity contribution < 1.29 is 4.79 Å². The molecule has 0 spiro atoms. The smallest absolute Gasteiger partial charge is 0.220 e. The number of pyridine rings is 1. The third-order valence-corrected chi connectivity index (χ3v) is 3.71. The normalized spacial score (nSPS) is 10.3. The van der Waals surface area contributed by atoms with Gasteiger partial charge in [-0.3, -0.25) is 4.79 Å². The summed E-state index contributed by atoms with van der Waals surface area (Å²) in [7, 11) is 3.90. The number of hydrogen-bond donors (Lipinski definition) is 1. The van der Waals surface area contributed by atoms with E-state index in [1.165, 1.54) is 5.56 Å². The number of amides is 1. The van der Waals surface area contributed by atoms with Crippen LogP contribution in [0.3, 0.4) is 0 Å².